The molecule has 1 aromatic heterocycles. The van der Waals surface area contributed by atoms with Gasteiger partial charge in [0.15, 0.2) is 5.13 Å². The van der Waals surface area contributed by atoms with Crippen LogP contribution in [-0.4, -0.2) is 37.2 Å². The van der Waals surface area contributed by atoms with Crippen LogP contribution in [0.25, 0.3) is 0 Å². The van der Waals surface area contributed by atoms with E-state index in [0.717, 1.165) is 5.69 Å². The van der Waals surface area contributed by atoms with E-state index >= 15 is 0 Å². The minimum absolute atomic E-state index is 0.0171. The zero-order valence-electron chi connectivity index (χ0n) is 10.9. The fourth-order valence-corrected chi connectivity index (χ4v) is 2.78. The Hall–Kier alpha value is -0.980. The molecule has 2 atom stereocenters. The average molecular weight is 269 g/mol. The summed E-state index contributed by atoms with van der Waals surface area (Å²) in [5, 5.41) is 8.63. The van der Waals surface area contributed by atoms with Crippen LogP contribution in [0.2, 0.25) is 0 Å². The number of thiazole rings is 1. The van der Waals surface area contributed by atoms with E-state index in [1.165, 1.54) is 11.3 Å². The number of amides is 1. The maximum absolute atomic E-state index is 12.1. The van der Waals surface area contributed by atoms with Crippen LogP contribution in [0.4, 0.5) is 5.13 Å². The molecule has 1 aliphatic heterocycles. The molecule has 5 nitrogen and oxygen atoms in total. The first-order valence-electron chi connectivity index (χ1n) is 6.13. The fourth-order valence-electron chi connectivity index (χ4n) is 1.90. The van der Waals surface area contributed by atoms with E-state index in [-0.39, 0.29) is 17.9 Å². The highest BCUT2D eigenvalue weighted by atomic mass is 32.1. The summed E-state index contributed by atoms with van der Waals surface area (Å²) in [4.78, 5) is 16.5. The normalized spacial score (nSPS) is 23.6. The highest BCUT2D eigenvalue weighted by Gasteiger charge is 2.33. The van der Waals surface area contributed by atoms with E-state index in [9.17, 15) is 4.79 Å². The van der Waals surface area contributed by atoms with Gasteiger partial charge in [0.25, 0.3) is 0 Å². The molecule has 0 spiro atoms. The van der Waals surface area contributed by atoms with Crippen LogP contribution >= 0.6 is 11.3 Å². The number of likely N-dealkylation sites (N-methyl/N-ethyl adjacent to an activating group) is 1. The molecule has 1 amide bonds. The van der Waals surface area contributed by atoms with Crippen molar-refractivity contribution in [3.05, 3.63) is 11.1 Å². The first-order chi connectivity index (χ1) is 8.61. The third-order valence-electron chi connectivity index (χ3n) is 3.13. The maximum Gasteiger partial charge on any atom is 0.233 e. The van der Waals surface area contributed by atoms with Crippen LogP contribution in [0.3, 0.4) is 0 Å². The lowest BCUT2D eigenvalue weighted by atomic mass is 10.0. The predicted octanol–water partition coefficient (Wildman–Crippen LogP) is 1.44. The largest absolute Gasteiger partial charge is 0.379 e. The first-order valence-corrected chi connectivity index (χ1v) is 7.01. The van der Waals surface area contributed by atoms with Crippen LogP contribution in [0.1, 0.15) is 25.5 Å². The number of ether oxygens (including phenoxy) is 1. The minimum atomic E-state index is -0.138. The van der Waals surface area contributed by atoms with Crippen LogP contribution < -0.4 is 10.6 Å². The van der Waals surface area contributed by atoms with Gasteiger partial charge in [-0.15, -0.1) is 11.3 Å². The Morgan fingerprint density at radius 2 is 2.33 bits per heavy atom. The summed E-state index contributed by atoms with van der Waals surface area (Å²) in [5.41, 5.74) is 1.02. The zero-order chi connectivity index (χ0) is 13.1. The molecule has 0 aromatic carbocycles. The molecule has 100 valence electrons. The molecule has 2 N–H and O–H groups in total. The predicted molar refractivity (Wildman–Crippen MR) is 72.0 cm³/mol. The molecule has 0 bridgehead atoms. The Morgan fingerprint density at radius 1 is 1.56 bits per heavy atom. The fraction of sp³-hybridized carbons (Fsp3) is 0.667. The van der Waals surface area contributed by atoms with Gasteiger partial charge in [0.1, 0.15) is 0 Å². The van der Waals surface area contributed by atoms with Gasteiger partial charge in [0.05, 0.1) is 24.8 Å². The van der Waals surface area contributed by atoms with E-state index in [1.54, 1.807) is 0 Å². The van der Waals surface area contributed by atoms with Gasteiger partial charge in [-0.2, -0.15) is 0 Å². The maximum atomic E-state index is 12.1. The van der Waals surface area contributed by atoms with Crippen LogP contribution in [-0.2, 0) is 9.53 Å². The Bertz CT molecular complexity index is 419. The van der Waals surface area contributed by atoms with Gasteiger partial charge >= 0.3 is 0 Å². The minimum Gasteiger partial charge on any atom is -0.379 e. The van der Waals surface area contributed by atoms with Crippen molar-refractivity contribution in [2.75, 3.05) is 25.6 Å². The first kappa shape index (κ1) is 13.5. The SMILES string of the molecule is CNC1COCC1C(=O)Nc1nc(C(C)C)cs1. The summed E-state index contributed by atoms with van der Waals surface area (Å²) in [7, 11) is 1.85. The summed E-state index contributed by atoms with van der Waals surface area (Å²) in [5.74, 6) is 0.227. The van der Waals surface area contributed by atoms with Crippen molar-refractivity contribution in [3.8, 4) is 0 Å². The smallest absolute Gasteiger partial charge is 0.233 e. The van der Waals surface area contributed by atoms with Crippen LogP contribution in [0.15, 0.2) is 5.38 Å². The quantitative estimate of drug-likeness (QED) is 0.868. The number of nitrogens with one attached hydrogen (secondary N) is 2. The van der Waals surface area contributed by atoms with E-state index in [2.05, 4.69) is 29.5 Å². The van der Waals surface area contributed by atoms with E-state index < -0.39 is 0 Å². The number of carbonyl (C=O) groups is 1. The van der Waals surface area contributed by atoms with Gasteiger partial charge < -0.3 is 15.4 Å². The summed E-state index contributed by atoms with van der Waals surface area (Å²) in [6, 6.07) is 0.0922. The Morgan fingerprint density at radius 3 is 2.94 bits per heavy atom. The lowest BCUT2D eigenvalue weighted by molar-refractivity contribution is -0.120. The number of nitrogens with zero attached hydrogens (tertiary/aromatic N) is 1. The number of aromatic nitrogens is 1. The molecule has 1 saturated heterocycles. The molecule has 0 saturated carbocycles. The van der Waals surface area contributed by atoms with E-state index in [4.69, 9.17) is 4.74 Å². The number of anilines is 1. The number of hydrogen-bond acceptors (Lipinski definition) is 5. The average Bonchev–Trinajstić information content (AvgIpc) is 2.96. The van der Waals surface area contributed by atoms with Crippen molar-refractivity contribution in [2.24, 2.45) is 5.92 Å². The number of carbonyl (C=O) groups excluding carboxylic acids is 1. The van der Waals surface area contributed by atoms with Gasteiger partial charge in [-0.3, -0.25) is 4.79 Å². The second-order valence-electron chi connectivity index (χ2n) is 4.76. The summed E-state index contributed by atoms with van der Waals surface area (Å²) in [6.07, 6.45) is 0. The van der Waals surface area contributed by atoms with Crippen LogP contribution in [0.5, 0.6) is 0 Å². The molecule has 1 aromatic rings. The second-order valence-corrected chi connectivity index (χ2v) is 5.62. The number of hydrogen-bond donors (Lipinski definition) is 2. The molecule has 6 heteroatoms. The molecule has 1 aliphatic rings. The van der Waals surface area contributed by atoms with Crippen molar-refractivity contribution in [1.82, 2.24) is 10.3 Å². The molecular formula is C12H19N3O2S. The third kappa shape index (κ3) is 2.88. The summed E-state index contributed by atoms with van der Waals surface area (Å²) < 4.78 is 5.32. The monoisotopic (exact) mass is 269 g/mol. The van der Waals surface area contributed by atoms with Crippen molar-refractivity contribution in [1.29, 1.82) is 0 Å². The third-order valence-corrected chi connectivity index (χ3v) is 3.91. The van der Waals surface area contributed by atoms with Crippen molar-refractivity contribution in [3.63, 3.8) is 0 Å². The van der Waals surface area contributed by atoms with Crippen LogP contribution in [0, 0.1) is 5.92 Å². The Labute approximate surface area is 111 Å². The van der Waals surface area contributed by atoms with Gasteiger partial charge in [-0.25, -0.2) is 4.98 Å². The highest BCUT2D eigenvalue weighted by Crippen LogP contribution is 2.23. The summed E-state index contributed by atoms with van der Waals surface area (Å²) >= 11 is 1.47. The lowest BCUT2D eigenvalue weighted by Gasteiger charge is -2.15. The van der Waals surface area contributed by atoms with Gasteiger partial charge in [-0.1, -0.05) is 13.8 Å². The molecule has 18 heavy (non-hydrogen) atoms. The van der Waals surface area contributed by atoms with Crippen molar-refractivity contribution in [2.45, 2.75) is 25.8 Å². The molecule has 2 rings (SSSR count). The zero-order valence-corrected chi connectivity index (χ0v) is 11.7. The van der Waals surface area contributed by atoms with Gasteiger partial charge in [-0.05, 0) is 13.0 Å². The highest BCUT2D eigenvalue weighted by molar-refractivity contribution is 7.13. The second kappa shape index (κ2) is 5.77. The molecule has 2 heterocycles. The van der Waals surface area contributed by atoms with Gasteiger partial charge in [0.2, 0.25) is 5.91 Å². The summed E-state index contributed by atoms with van der Waals surface area (Å²) in [6.45, 7) is 5.23. The molecule has 1 fully saturated rings. The van der Waals surface area contributed by atoms with E-state index in [0.29, 0.717) is 24.3 Å². The van der Waals surface area contributed by atoms with Crippen molar-refractivity contribution < 1.29 is 9.53 Å². The molecule has 0 aliphatic carbocycles. The Kier molecular flexibility index (Phi) is 4.31. The topological polar surface area (TPSA) is 63.2 Å². The Balaban J connectivity index is 1.98. The molecule has 2 unspecified atom stereocenters. The molecule has 0 radical (unpaired) electrons. The standard InChI is InChI=1S/C12H19N3O2S/c1-7(2)10-6-18-12(14-10)15-11(16)8-4-17-5-9(8)13-3/h6-9,13H,4-5H2,1-3H3,(H,14,15,16). The van der Waals surface area contributed by atoms with Gasteiger partial charge in [0, 0.05) is 11.4 Å². The van der Waals surface area contributed by atoms with E-state index in [1.807, 2.05) is 12.4 Å². The lowest BCUT2D eigenvalue weighted by Crippen LogP contribution is -2.39. The number of rotatable bonds is 4. The van der Waals surface area contributed by atoms with Crippen molar-refractivity contribution >= 4 is 22.4 Å². The molecular weight excluding hydrogens is 250 g/mol.